The number of nitrogens with zero attached hydrogens (tertiary/aromatic N) is 4. The van der Waals surface area contributed by atoms with Gasteiger partial charge in [-0.05, 0) is 12.1 Å². The summed E-state index contributed by atoms with van der Waals surface area (Å²) in [6.07, 6.45) is 5.28. The number of ether oxygens (including phenoxy) is 3. The Morgan fingerprint density at radius 1 is 1.15 bits per heavy atom. The second-order valence-corrected chi connectivity index (χ2v) is 5.99. The van der Waals surface area contributed by atoms with Crippen molar-refractivity contribution in [1.29, 1.82) is 0 Å². The quantitative estimate of drug-likeness (QED) is 0.702. The minimum Gasteiger partial charge on any atom is -0.479 e. The molecule has 0 unspecified atom stereocenters. The van der Waals surface area contributed by atoms with Crippen molar-refractivity contribution in [2.45, 2.75) is 12.6 Å². The van der Waals surface area contributed by atoms with Gasteiger partial charge in [-0.25, -0.2) is 9.97 Å². The molecule has 1 aromatic carbocycles. The van der Waals surface area contributed by atoms with E-state index in [0.717, 1.165) is 16.8 Å². The summed E-state index contributed by atoms with van der Waals surface area (Å²) >= 11 is 0. The van der Waals surface area contributed by atoms with Gasteiger partial charge in [0.15, 0.2) is 0 Å². The summed E-state index contributed by atoms with van der Waals surface area (Å²) in [4.78, 5) is 8.61. The van der Waals surface area contributed by atoms with Gasteiger partial charge in [-0.2, -0.15) is 5.10 Å². The molecule has 1 aliphatic heterocycles. The predicted octanol–water partition coefficient (Wildman–Crippen LogP) is 2.43. The maximum absolute atomic E-state index is 5.68. The zero-order chi connectivity index (χ0) is 17.8. The Morgan fingerprint density at radius 3 is 2.88 bits per heavy atom. The molecular formula is C19H20N4O3. The molecule has 1 saturated heterocycles. The van der Waals surface area contributed by atoms with Crippen LogP contribution in [-0.2, 0) is 16.0 Å². The smallest absolute Gasteiger partial charge is 0.240 e. The van der Waals surface area contributed by atoms with Crippen LogP contribution in [0.25, 0.3) is 22.5 Å². The summed E-state index contributed by atoms with van der Waals surface area (Å²) < 4.78 is 18.3. The van der Waals surface area contributed by atoms with Gasteiger partial charge in [0, 0.05) is 29.7 Å². The molecule has 26 heavy (non-hydrogen) atoms. The second-order valence-electron chi connectivity index (χ2n) is 5.99. The number of benzene rings is 1. The Morgan fingerprint density at radius 2 is 2.04 bits per heavy atom. The molecule has 3 heterocycles. The lowest BCUT2D eigenvalue weighted by Gasteiger charge is -2.22. The highest BCUT2D eigenvalue weighted by Gasteiger charge is 2.16. The molecule has 7 nitrogen and oxygen atoms in total. The number of hydrogen-bond donors (Lipinski definition) is 0. The molecular weight excluding hydrogens is 332 g/mol. The largest absolute Gasteiger partial charge is 0.479 e. The van der Waals surface area contributed by atoms with Gasteiger partial charge in [0.2, 0.25) is 5.88 Å². The summed E-state index contributed by atoms with van der Waals surface area (Å²) in [6, 6.07) is 10.0. The molecule has 0 aliphatic carbocycles. The molecule has 1 fully saturated rings. The van der Waals surface area contributed by atoms with Gasteiger partial charge in [0.1, 0.15) is 11.8 Å². The third-order valence-corrected chi connectivity index (χ3v) is 4.21. The molecule has 3 aromatic rings. The number of methoxy groups -OCH3 is 1. The van der Waals surface area contributed by atoms with Crippen LogP contribution in [0, 0.1) is 0 Å². The van der Waals surface area contributed by atoms with E-state index in [1.54, 1.807) is 19.5 Å². The predicted molar refractivity (Wildman–Crippen MR) is 95.8 cm³/mol. The molecule has 1 aliphatic rings. The molecule has 0 amide bonds. The first-order valence-electron chi connectivity index (χ1n) is 8.52. The first-order valence-corrected chi connectivity index (χ1v) is 8.52. The second kappa shape index (κ2) is 7.63. The summed E-state index contributed by atoms with van der Waals surface area (Å²) in [6.45, 7) is 2.59. The molecule has 0 saturated carbocycles. The van der Waals surface area contributed by atoms with E-state index in [4.69, 9.17) is 14.2 Å². The third-order valence-electron chi connectivity index (χ3n) is 4.21. The van der Waals surface area contributed by atoms with Crippen LogP contribution in [0.3, 0.4) is 0 Å². The molecule has 0 bridgehead atoms. The van der Waals surface area contributed by atoms with Crippen LogP contribution in [0.15, 0.2) is 48.9 Å². The Kier molecular flexibility index (Phi) is 4.90. The van der Waals surface area contributed by atoms with Crippen molar-refractivity contribution in [3.63, 3.8) is 0 Å². The number of aromatic nitrogens is 4. The Balaban J connectivity index is 1.57. The van der Waals surface area contributed by atoms with Crippen LogP contribution < -0.4 is 4.74 Å². The minimum atomic E-state index is 0.0479. The molecule has 0 spiro atoms. The van der Waals surface area contributed by atoms with Crippen molar-refractivity contribution in [2.75, 3.05) is 26.9 Å². The van der Waals surface area contributed by atoms with Gasteiger partial charge in [-0.15, -0.1) is 0 Å². The van der Waals surface area contributed by atoms with Gasteiger partial charge < -0.3 is 14.2 Å². The van der Waals surface area contributed by atoms with Gasteiger partial charge in [0.05, 0.1) is 39.2 Å². The van der Waals surface area contributed by atoms with Crippen LogP contribution in [-0.4, -0.2) is 52.8 Å². The topological polar surface area (TPSA) is 71.3 Å². The minimum absolute atomic E-state index is 0.0479. The van der Waals surface area contributed by atoms with Crippen molar-refractivity contribution >= 4 is 0 Å². The normalized spacial score (nSPS) is 17.2. The first kappa shape index (κ1) is 16.7. The lowest BCUT2D eigenvalue weighted by Crippen LogP contribution is -2.32. The van der Waals surface area contributed by atoms with E-state index in [9.17, 15) is 0 Å². The van der Waals surface area contributed by atoms with E-state index in [0.29, 0.717) is 37.9 Å². The zero-order valence-electron chi connectivity index (χ0n) is 14.5. The van der Waals surface area contributed by atoms with Crippen LogP contribution in [0.2, 0.25) is 0 Å². The molecule has 2 aromatic heterocycles. The van der Waals surface area contributed by atoms with Crippen LogP contribution in [0.1, 0.15) is 0 Å². The van der Waals surface area contributed by atoms with Gasteiger partial charge in [-0.1, -0.05) is 18.2 Å². The Labute approximate surface area is 151 Å². The van der Waals surface area contributed by atoms with E-state index in [1.807, 2.05) is 41.2 Å². The maximum Gasteiger partial charge on any atom is 0.240 e. The van der Waals surface area contributed by atoms with Gasteiger partial charge in [-0.3, -0.25) is 4.68 Å². The summed E-state index contributed by atoms with van der Waals surface area (Å²) in [5, 5.41) is 4.67. The number of hydrogen-bond acceptors (Lipinski definition) is 6. The third kappa shape index (κ3) is 3.58. The lowest BCUT2D eigenvalue weighted by atomic mass is 10.1. The zero-order valence-corrected chi connectivity index (χ0v) is 14.5. The summed E-state index contributed by atoms with van der Waals surface area (Å²) in [5.74, 6) is 0.504. The van der Waals surface area contributed by atoms with Crippen LogP contribution in [0.4, 0.5) is 0 Å². The van der Waals surface area contributed by atoms with E-state index < -0.39 is 0 Å². The Hall–Kier alpha value is -2.77. The SMILES string of the molecule is COc1nccnc1-c1cccc(-c2ccn(C[C@@H]3COCCO3)n2)c1. The van der Waals surface area contributed by atoms with Crippen molar-refractivity contribution in [3.05, 3.63) is 48.9 Å². The van der Waals surface area contributed by atoms with E-state index in [2.05, 4.69) is 15.1 Å². The average molecular weight is 352 g/mol. The van der Waals surface area contributed by atoms with Gasteiger partial charge in [0.25, 0.3) is 0 Å². The fourth-order valence-corrected chi connectivity index (χ4v) is 2.97. The fraction of sp³-hybridized carbons (Fsp3) is 0.316. The fourth-order valence-electron chi connectivity index (χ4n) is 2.97. The molecule has 7 heteroatoms. The molecule has 0 radical (unpaired) electrons. The van der Waals surface area contributed by atoms with E-state index in [-0.39, 0.29) is 6.10 Å². The van der Waals surface area contributed by atoms with Crippen LogP contribution in [0.5, 0.6) is 5.88 Å². The highest BCUT2D eigenvalue weighted by molar-refractivity contribution is 5.71. The summed E-state index contributed by atoms with van der Waals surface area (Å²) in [5.41, 5.74) is 3.55. The molecule has 1 atom stereocenters. The number of rotatable bonds is 5. The summed E-state index contributed by atoms with van der Waals surface area (Å²) in [7, 11) is 1.59. The van der Waals surface area contributed by atoms with Crippen molar-refractivity contribution < 1.29 is 14.2 Å². The highest BCUT2D eigenvalue weighted by Crippen LogP contribution is 2.28. The maximum atomic E-state index is 5.68. The van der Waals surface area contributed by atoms with Crippen molar-refractivity contribution in [2.24, 2.45) is 0 Å². The standard InChI is InChI=1S/C19H20N4O3/c1-24-19-18(20-6-7-21-19)15-4-2-3-14(11-15)17-5-8-23(22-17)12-16-13-25-9-10-26-16/h2-8,11,16H,9-10,12-13H2,1H3/t16-/m1/s1. The van der Waals surface area contributed by atoms with Crippen LogP contribution >= 0.6 is 0 Å². The highest BCUT2D eigenvalue weighted by atomic mass is 16.6. The Bertz CT molecular complexity index is 874. The molecule has 134 valence electrons. The lowest BCUT2D eigenvalue weighted by molar-refractivity contribution is -0.0946. The average Bonchev–Trinajstić information content (AvgIpc) is 3.17. The van der Waals surface area contributed by atoms with Gasteiger partial charge >= 0.3 is 0 Å². The molecule has 4 rings (SSSR count). The monoisotopic (exact) mass is 352 g/mol. The van der Waals surface area contributed by atoms with E-state index in [1.165, 1.54) is 0 Å². The first-order chi connectivity index (χ1) is 12.8. The van der Waals surface area contributed by atoms with Crippen molar-refractivity contribution in [1.82, 2.24) is 19.7 Å². The van der Waals surface area contributed by atoms with E-state index >= 15 is 0 Å². The van der Waals surface area contributed by atoms with Crippen molar-refractivity contribution in [3.8, 4) is 28.4 Å². The molecule has 0 N–H and O–H groups in total.